The van der Waals surface area contributed by atoms with Crippen molar-refractivity contribution in [3.05, 3.63) is 59.4 Å². The highest BCUT2D eigenvalue weighted by molar-refractivity contribution is 7.89. The monoisotopic (exact) mass is 544 g/mol. The summed E-state index contributed by atoms with van der Waals surface area (Å²) in [4.78, 5) is 14.8. The molecule has 5 rings (SSSR count). The number of carbonyl (C=O) groups excluding carboxylic acids is 1. The largest absolute Gasteiger partial charge is 0.368 e. The van der Waals surface area contributed by atoms with Crippen LogP contribution in [0.5, 0.6) is 0 Å². The van der Waals surface area contributed by atoms with Crippen LogP contribution < -0.4 is 4.72 Å². The van der Waals surface area contributed by atoms with Crippen LogP contribution in [0.2, 0.25) is 0 Å². The molecule has 1 N–H and O–H groups in total. The highest BCUT2D eigenvalue weighted by Crippen LogP contribution is 2.56. The number of nitrogens with zero attached hydrogens (tertiary/aromatic N) is 1. The summed E-state index contributed by atoms with van der Waals surface area (Å²) in [5.74, 6) is -6.64. The minimum Gasteiger partial charge on any atom is -0.368 e. The molecule has 37 heavy (non-hydrogen) atoms. The summed E-state index contributed by atoms with van der Waals surface area (Å²) >= 11 is 0. The maximum atomic E-state index is 15.7. The fraction of sp³-hybridized carbons (Fsp3) is 0.480. The number of sulfonamides is 1. The molecule has 2 aliphatic heterocycles. The highest BCUT2D eigenvalue weighted by atomic mass is 32.2. The number of rotatable bonds is 7. The summed E-state index contributed by atoms with van der Waals surface area (Å²) in [5, 5.41) is 0. The van der Waals surface area contributed by atoms with Crippen LogP contribution in [0.3, 0.4) is 0 Å². The molecule has 1 aliphatic carbocycles. The molecule has 3 atom stereocenters. The predicted octanol–water partition coefficient (Wildman–Crippen LogP) is 3.99. The van der Waals surface area contributed by atoms with Gasteiger partial charge < -0.3 is 9.64 Å². The first kappa shape index (κ1) is 26.1. The van der Waals surface area contributed by atoms with Gasteiger partial charge in [0.2, 0.25) is 0 Å². The van der Waals surface area contributed by atoms with Gasteiger partial charge >= 0.3 is 5.76 Å². The highest BCUT2D eigenvalue weighted by Gasteiger charge is 2.62. The Hall–Kier alpha value is -2.57. The third-order valence-electron chi connectivity index (χ3n) is 7.52. The van der Waals surface area contributed by atoms with E-state index in [2.05, 4.69) is 4.72 Å². The number of likely N-dealkylation sites (tertiary alicyclic amines) is 1. The smallest absolute Gasteiger partial charge is 0.350 e. The Morgan fingerprint density at radius 2 is 1.84 bits per heavy atom. The Balaban J connectivity index is 1.52. The standard InChI is InChI=1S/C25H25F5N2O4S/c26-16-9-15(10-17(27)12-16)18-4-1-3-14(21(18)28)11-19-22(31-37(34,35)24(29)30)25(6-7-25)13-32(19)23(33)20-5-2-8-36-20/h1,3-4,9-10,12,19-20,22,24,31H,2,5-8,11,13H2/t19-,20+,22+/m0/s1. The zero-order valence-corrected chi connectivity index (χ0v) is 20.4. The number of benzene rings is 2. The Labute approximate surface area is 210 Å². The number of hydrogen-bond acceptors (Lipinski definition) is 4. The maximum absolute atomic E-state index is 15.7. The Morgan fingerprint density at radius 1 is 1.14 bits per heavy atom. The SMILES string of the molecule is O=C([C@H]1CCCO1)N1CC2(CC2)[C@H](NS(=O)(=O)C(F)F)[C@@H]1Cc1cccc(-c2cc(F)cc(F)c2)c1F. The third kappa shape index (κ3) is 4.98. The second kappa shape index (κ2) is 9.63. The topological polar surface area (TPSA) is 75.7 Å². The maximum Gasteiger partial charge on any atom is 0.350 e. The molecule has 2 aromatic rings. The normalized spacial score (nSPS) is 24.8. The van der Waals surface area contributed by atoms with Crippen molar-refractivity contribution in [3.63, 3.8) is 0 Å². The average Bonchev–Trinajstić information content (AvgIpc) is 3.28. The molecule has 1 saturated carbocycles. The first-order valence-corrected chi connectivity index (χ1v) is 13.5. The van der Waals surface area contributed by atoms with Gasteiger partial charge in [0, 0.05) is 36.2 Å². The molecular formula is C25H25F5N2O4S. The zero-order valence-electron chi connectivity index (χ0n) is 19.6. The van der Waals surface area contributed by atoms with Gasteiger partial charge in [0.1, 0.15) is 23.6 Å². The lowest BCUT2D eigenvalue weighted by molar-refractivity contribution is -0.142. The van der Waals surface area contributed by atoms with Crippen LogP contribution in [-0.2, 0) is 26.0 Å². The Morgan fingerprint density at radius 3 is 2.43 bits per heavy atom. The molecule has 0 radical (unpaired) electrons. The van der Waals surface area contributed by atoms with Gasteiger partial charge in [-0.15, -0.1) is 0 Å². The van der Waals surface area contributed by atoms with Gasteiger partial charge in [-0.3, -0.25) is 4.79 Å². The molecule has 2 saturated heterocycles. The Bertz CT molecular complexity index is 1290. The van der Waals surface area contributed by atoms with Crippen molar-refractivity contribution >= 4 is 15.9 Å². The number of hydrogen-bond donors (Lipinski definition) is 1. The number of nitrogens with one attached hydrogen (secondary N) is 1. The van der Waals surface area contributed by atoms with Crippen molar-refractivity contribution in [2.45, 2.75) is 56.0 Å². The first-order valence-electron chi connectivity index (χ1n) is 12.0. The fourth-order valence-electron chi connectivity index (χ4n) is 5.53. The van der Waals surface area contributed by atoms with Crippen LogP contribution in [0.25, 0.3) is 11.1 Å². The lowest BCUT2D eigenvalue weighted by Crippen LogP contribution is -2.52. The number of ether oxygens (including phenoxy) is 1. The first-order chi connectivity index (χ1) is 17.5. The molecule has 1 amide bonds. The summed E-state index contributed by atoms with van der Waals surface area (Å²) < 4.78 is 102. The van der Waals surface area contributed by atoms with Crippen molar-refractivity contribution in [2.24, 2.45) is 5.41 Å². The van der Waals surface area contributed by atoms with E-state index in [9.17, 15) is 30.8 Å². The fourth-order valence-corrected chi connectivity index (χ4v) is 6.39. The second-order valence-corrected chi connectivity index (χ2v) is 11.6. The van der Waals surface area contributed by atoms with Gasteiger partial charge in [0.15, 0.2) is 0 Å². The molecule has 1 spiro atoms. The molecule has 12 heteroatoms. The van der Waals surface area contributed by atoms with Crippen molar-refractivity contribution < 1.29 is 39.9 Å². The summed E-state index contributed by atoms with van der Waals surface area (Å²) in [6.45, 7) is 0.519. The van der Waals surface area contributed by atoms with Gasteiger partial charge in [-0.25, -0.2) is 26.3 Å². The molecule has 2 aromatic carbocycles. The molecule has 0 unspecified atom stereocenters. The van der Waals surface area contributed by atoms with Crippen LogP contribution in [-0.4, -0.2) is 56.3 Å². The minimum absolute atomic E-state index is 0.0378. The number of carbonyl (C=O) groups is 1. The van der Waals surface area contributed by atoms with Crippen LogP contribution >= 0.6 is 0 Å². The van der Waals surface area contributed by atoms with Crippen molar-refractivity contribution in [1.82, 2.24) is 9.62 Å². The summed E-state index contributed by atoms with van der Waals surface area (Å²) in [6.07, 6.45) is 1.23. The van der Waals surface area contributed by atoms with E-state index < -0.39 is 62.7 Å². The van der Waals surface area contributed by atoms with E-state index >= 15 is 4.39 Å². The van der Waals surface area contributed by atoms with E-state index in [1.807, 2.05) is 0 Å². The van der Waals surface area contributed by atoms with Crippen LogP contribution in [0.15, 0.2) is 36.4 Å². The van der Waals surface area contributed by atoms with E-state index in [1.165, 1.54) is 23.1 Å². The third-order valence-corrected chi connectivity index (χ3v) is 8.57. The average molecular weight is 545 g/mol. The number of amides is 1. The van der Waals surface area contributed by atoms with Gasteiger partial charge in [0.05, 0.1) is 6.04 Å². The summed E-state index contributed by atoms with van der Waals surface area (Å²) in [6, 6.07) is 4.82. The van der Waals surface area contributed by atoms with Gasteiger partial charge in [0.25, 0.3) is 15.9 Å². The molecular weight excluding hydrogens is 519 g/mol. The van der Waals surface area contributed by atoms with Crippen molar-refractivity contribution in [3.8, 4) is 11.1 Å². The minimum atomic E-state index is -5.01. The molecule has 0 aromatic heterocycles. The van der Waals surface area contributed by atoms with Crippen LogP contribution in [0.4, 0.5) is 22.0 Å². The van der Waals surface area contributed by atoms with Gasteiger partial charge in [-0.05, 0) is 55.4 Å². The lowest BCUT2D eigenvalue weighted by atomic mass is 9.91. The molecule has 6 nitrogen and oxygen atoms in total. The number of halogens is 5. The van der Waals surface area contributed by atoms with Crippen molar-refractivity contribution in [2.75, 3.05) is 13.2 Å². The second-order valence-electron chi connectivity index (χ2n) is 9.94. The van der Waals surface area contributed by atoms with Crippen LogP contribution in [0.1, 0.15) is 31.2 Å². The molecule has 200 valence electrons. The lowest BCUT2D eigenvalue weighted by Gasteiger charge is -2.31. The quantitative estimate of drug-likeness (QED) is 0.535. The molecule has 0 bridgehead atoms. The number of alkyl halides is 2. The van der Waals surface area contributed by atoms with Gasteiger partial charge in [-0.1, -0.05) is 18.2 Å². The van der Waals surface area contributed by atoms with E-state index in [0.29, 0.717) is 38.4 Å². The zero-order chi connectivity index (χ0) is 26.5. The molecule has 3 fully saturated rings. The van der Waals surface area contributed by atoms with E-state index in [0.717, 1.165) is 12.1 Å². The van der Waals surface area contributed by atoms with Gasteiger partial charge in [-0.2, -0.15) is 8.78 Å². The Kier molecular flexibility index (Phi) is 6.78. The summed E-state index contributed by atoms with van der Waals surface area (Å²) in [5.41, 5.74) is -0.808. The van der Waals surface area contributed by atoms with E-state index in [1.54, 1.807) is 0 Å². The van der Waals surface area contributed by atoms with Crippen LogP contribution in [0, 0.1) is 22.9 Å². The van der Waals surface area contributed by atoms with Crippen molar-refractivity contribution in [1.29, 1.82) is 0 Å². The van der Waals surface area contributed by atoms with E-state index in [4.69, 9.17) is 4.74 Å². The molecule has 2 heterocycles. The van der Waals surface area contributed by atoms with E-state index in [-0.39, 0.29) is 29.7 Å². The molecule has 3 aliphatic rings. The summed E-state index contributed by atoms with van der Waals surface area (Å²) in [7, 11) is -5.01. The predicted molar refractivity (Wildman–Crippen MR) is 123 cm³/mol.